The van der Waals surface area contributed by atoms with Crippen LogP contribution in [0.5, 0.6) is 5.75 Å². The van der Waals surface area contributed by atoms with Crippen molar-refractivity contribution in [2.75, 3.05) is 11.1 Å². The van der Waals surface area contributed by atoms with E-state index in [0.717, 1.165) is 4.88 Å². The van der Waals surface area contributed by atoms with E-state index in [1.165, 1.54) is 35.6 Å². The Hall–Kier alpha value is -2.85. The number of sulfone groups is 1. The van der Waals surface area contributed by atoms with Gasteiger partial charge in [0.1, 0.15) is 5.75 Å². The number of rotatable bonds is 8. The molecule has 0 saturated carbocycles. The minimum atomic E-state index is -3.28. The molecule has 0 aliphatic rings. The normalized spacial score (nSPS) is 11.5. The predicted molar refractivity (Wildman–Crippen MR) is 115 cm³/mol. The Morgan fingerprint density at radius 3 is 2.35 bits per heavy atom. The highest BCUT2D eigenvalue weighted by Crippen LogP contribution is 2.31. The summed E-state index contributed by atoms with van der Waals surface area (Å²) in [4.78, 5) is 17.9. The van der Waals surface area contributed by atoms with Gasteiger partial charge in [0.2, 0.25) is 5.91 Å². The zero-order valence-electron chi connectivity index (χ0n) is 16.8. The van der Waals surface area contributed by atoms with Gasteiger partial charge in [-0.2, -0.15) is 8.78 Å². The van der Waals surface area contributed by atoms with Crippen LogP contribution >= 0.6 is 11.3 Å². The lowest BCUT2D eigenvalue weighted by atomic mass is 10.1. The van der Waals surface area contributed by atoms with Crippen LogP contribution in [-0.4, -0.2) is 31.7 Å². The number of alkyl halides is 2. The van der Waals surface area contributed by atoms with Crippen molar-refractivity contribution < 1.29 is 26.7 Å². The molecule has 1 aromatic heterocycles. The van der Waals surface area contributed by atoms with Crippen LogP contribution in [0, 0.1) is 6.92 Å². The SMILES string of the molecule is CCS(=O)(=O)c1ccc(CC(=O)Nc2nc(-c3ccc(OC(F)F)cc3)c(C)s2)cc1. The second-order valence-corrected chi connectivity index (χ2v) is 10.1. The number of halogens is 2. The van der Waals surface area contributed by atoms with Gasteiger partial charge in [-0.1, -0.05) is 19.1 Å². The summed E-state index contributed by atoms with van der Waals surface area (Å²) in [5.41, 5.74) is 2.03. The number of anilines is 1. The topological polar surface area (TPSA) is 85.4 Å². The predicted octanol–water partition coefficient (Wildman–Crippen LogP) is 4.69. The van der Waals surface area contributed by atoms with Crippen molar-refractivity contribution in [3.8, 4) is 17.0 Å². The van der Waals surface area contributed by atoms with Gasteiger partial charge in [0, 0.05) is 10.4 Å². The number of benzene rings is 2. The average molecular weight is 467 g/mol. The fraction of sp³-hybridized carbons (Fsp3) is 0.238. The van der Waals surface area contributed by atoms with Crippen molar-refractivity contribution in [1.82, 2.24) is 4.98 Å². The molecule has 3 rings (SSSR count). The molecule has 3 aromatic rings. The quantitative estimate of drug-likeness (QED) is 0.520. The smallest absolute Gasteiger partial charge is 0.387 e. The summed E-state index contributed by atoms with van der Waals surface area (Å²) < 4.78 is 52.6. The molecule has 0 spiro atoms. The van der Waals surface area contributed by atoms with Gasteiger partial charge in [0.05, 0.1) is 22.8 Å². The highest BCUT2D eigenvalue weighted by molar-refractivity contribution is 7.91. The van der Waals surface area contributed by atoms with Crippen LogP contribution in [0.4, 0.5) is 13.9 Å². The van der Waals surface area contributed by atoms with E-state index in [-0.39, 0.29) is 28.7 Å². The third-order valence-electron chi connectivity index (χ3n) is 4.42. The molecule has 0 atom stereocenters. The number of ether oxygens (including phenoxy) is 1. The Morgan fingerprint density at radius 2 is 1.77 bits per heavy atom. The first-order valence-electron chi connectivity index (χ1n) is 9.32. The summed E-state index contributed by atoms with van der Waals surface area (Å²) in [6.45, 7) is 0.534. The number of aromatic nitrogens is 1. The van der Waals surface area contributed by atoms with Crippen LogP contribution in [0.15, 0.2) is 53.4 Å². The maximum Gasteiger partial charge on any atom is 0.387 e. The number of hydrogen-bond donors (Lipinski definition) is 1. The van der Waals surface area contributed by atoms with E-state index in [1.807, 2.05) is 6.92 Å². The molecule has 0 unspecified atom stereocenters. The fourth-order valence-corrected chi connectivity index (χ4v) is 4.58. The van der Waals surface area contributed by atoms with Gasteiger partial charge in [0.25, 0.3) is 0 Å². The largest absolute Gasteiger partial charge is 0.435 e. The first kappa shape index (κ1) is 22.8. The molecule has 1 amide bonds. The molecule has 31 heavy (non-hydrogen) atoms. The Bertz CT molecular complexity index is 1160. The van der Waals surface area contributed by atoms with Crippen LogP contribution in [0.2, 0.25) is 0 Å². The lowest BCUT2D eigenvalue weighted by Crippen LogP contribution is -2.14. The van der Waals surface area contributed by atoms with E-state index in [2.05, 4.69) is 15.0 Å². The molecule has 1 N–H and O–H groups in total. The number of amides is 1. The van der Waals surface area contributed by atoms with Crippen LogP contribution in [0.1, 0.15) is 17.4 Å². The Kier molecular flexibility index (Phi) is 7.01. The van der Waals surface area contributed by atoms with Crippen molar-refractivity contribution in [3.63, 3.8) is 0 Å². The van der Waals surface area contributed by atoms with Gasteiger partial charge < -0.3 is 10.1 Å². The number of nitrogens with one attached hydrogen (secondary N) is 1. The molecule has 0 radical (unpaired) electrons. The Morgan fingerprint density at radius 1 is 1.13 bits per heavy atom. The summed E-state index contributed by atoms with van der Waals surface area (Å²) in [7, 11) is -3.28. The number of hydrogen-bond acceptors (Lipinski definition) is 6. The summed E-state index contributed by atoms with van der Waals surface area (Å²) >= 11 is 1.30. The molecule has 2 aromatic carbocycles. The van der Waals surface area contributed by atoms with E-state index in [4.69, 9.17) is 0 Å². The molecule has 10 heteroatoms. The van der Waals surface area contributed by atoms with Crippen LogP contribution in [-0.2, 0) is 21.1 Å². The highest BCUT2D eigenvalue weighted by atomic mass is 32.2. The van der Waals surface area contributed by atoms with Crippen molar-refractivity contribution in [2.45, 2.75) is 31.8 Å². The average Bonchev–Trinajstić information content (AvgIpc) is 3.08. The van der Waals surface area contributed by atoms with Crippen molar-refractivity contribution in [1.29, 1.82) is 0 Å². The van der Waals surface area contributed by atoms with Crippen LogP contribution in [0.25, 0.3) is 11.3 Å². The van der Waals surface area contributed by atoms with Gasteiger partial charge in [-0.3, -0.25) is 4.79 Å². The molecule has 0 aliphatic heterocycles. The van der Waals surface area contributed by atoms with Crippen molar-refractivity contribution in [3.05, 3.63) is 59.0 Å². The third-order valence-corrected chi connectivity index (χ3v) is 7.06. The molecule has 164 valence electrons. The molecular weight excluding hydrogens is 446 g/mol. The molecule has 6 nitrogen and oxygen atoms in total. The number of carbonyl (C=O) groups is 1. The van der Waals surface area contributed by atoms with Crippen molar-refractivity contribution in [2.24, 2.45) is 0 Å². The fourth-order valence-electron chi connectivity index (χ4n) is 2.84. The minimum Gasteiger partial charge on any atom is -0.435 e. The zero-order valence-corrected chi connectivity index (χ0v) is 18.4. The van der Waals surface area contributed by atoms with E-state index in [0.29, 0.717) is 22.0 Å². The van der Waals surface area contributed by atoms with Gasteiger partial charge in [-0.15, -0.1) is 11.3 Å². The van der Waals surface area contributed by atoms with Gasteiger partial charge in [0.15, 0.2) is 15.0 Å². The third kappa shape index (κ3) is 5.86. The number of thiazole rings is 1. The second-order valence-electron chi connectivity index (χ2n) is 6.60. The minimum absolute atomic E-state index is 0.0144. The maximum atomic E-state index is 12.4. The number of carbonyl (C=O) groups excluding carboxylic acids is 1. The van der Waals surface area contributed by atoms with Gasteiger partial charge >= 0.3 is 6.61 Å². The highest BCUT2D eigenvalue weighted by Gasteiger charge is 2.15. The first-order chi connectivity index (χ1) is 14.7. The Labute approximate surface area is 182 Å². The number of aryl methyl sites for hydroxylation is 1. The monoisotopic (exact) mass is 466 g/mol. The number of nitrogens with zero attached hydrogens (tertiary/aromatic N) is 1. The van der Waals surface area contributed by atoms with Crippen LogP contribution in [0.3, 0.4) is 0 Å². The first-order valence-corrected chi connectivity index (χ1v) is 11.8. The van der Waals surface area contributed by atoms with E-state index < -0.39 is 16.4 Å². The zero-order chi connectivity index (χ0) is 22.6. The Balaban J connectivity index is 1.66. The molecular formula is C21H20F2N2O4S2. The molecule has 0 fully saturated rings. The van der Waals surface area contributed by atoms with Crippen molar-refractivity contribution >= 4 is 32.2 Å². The van der Waals surface area contributed by atoms with Gasteiger partial charge in [-0.05, 0) is 48.9 Å². The summed E-state index contributed by atoms with van der Waals surface area (Å²) in [6, 6.07) is 12.3. The second kappa shape index (κ2) is 9.52. The molecule has 0 aliphatic carbocycles. The maximum absolute atomic E-state index is 12.4. The lowest BCUT2D eigenvalue weighted by molar-refractivity contribution is -0.115. The van der Waals surface area contributed by atoms with E-state index in [9.17, 15) is 22.0 Å². The van der Waals surface area contributed by atoms with Gasteiger partial charge in [-0.25, -0.2) is 13.4 Å². The standard InChI is InChI=1S/C21H20F2N2O4S2/c1-3-31(27,28)17-10-4-14(5-11-17)12-18(26)24-21-25-19(13(2)30-21)15-6-8-16(9-7-15)29-20(22)23/h4-11,20H,3,12H2,1-2H3,(H,24,25,26). The summed E-state index contributed by atoms with van der Waals surface area (Å²) in [5, 5.41) is 3.15. The van der Waals surface area contributed by atoms with E-state index >= 15 is 0 Å². The molecule has 1 heterocycles. The van der Waals surface area contributed by atoms with E-state index in [1.54, 1.807) is 31.2 Å². The molecule has 0 saturated heterocycles. The summed E-state index contributed by atoms with van der Waals surface area (Å²) in [5.74, 6) is -0.217. The van der Waals surface area contributed by atoms with Crippen LogP contribution < -0.4 is 10.1 Å². The molecule has 0 bridgehead atoms. The lowest BCUT2D eigenvalue weighted by Gasteiger charge is -2.05. The summed E-state index contributed by atoms with van der Waals surface area (Å²) in [6.07, 6.45) is 0.0695.